The number of carbonyl (C=O) groups excluding carboxylic acids is 1. The van der Waals surface area contributed by atoms with Crippen molar-refractivity contribution in [2.45, 2.75) is 26.8 Å². The molecule has 0 aromatic heterocycles. The molecular weight excluding hydrogens is 376 g/mol. The van der Waals surface area contributed by atoms with Crippen LogP contribution in [0.1, 0.15) is 31.0 Å². The highest BCUT2D eigenvalue weighted by Gasteiger charge is 2.21. The molecule has 1 amide bonds. The number of anilines is 2. The summed E-state index contributed by atoms with van der Waals surface area (Å²) in [5.41, 5.74) is 3.54. The fourth-order valence-corrected chi connectivity index (χ4v) is 3.10. The molecule has 0 bridgehead atoms. The van der Waals surface area contributed by atoms with Crippen molar-refractivity contribution in [2.75, 3.05) is 23.8 Å². The van der Waals surface area contributed by atoms with Gasteiger partial charge in [0.2, 0.25) is 0 Å². The first-order valence-electron chi connectivity index (χ1n) is 10.2. The molecule has 0 fully saturated rings. The Kier molecular flexibility index (Phi) is 7.33. The zero-order chi connectivity index (χ0) is 21.3. The van der Waals surface area contributed by atoms with Gasteiger partial charge in [0.05, 0.1) is 13.2 Å². The van der Waals surface area contributed by atoms with Crippen LogP contribution >= 0.6 is 0 Å². The van der Waals surface area contributed by atoms with Crippen molar-refractivity contribution in [1.29, 1.82) is 0 Å². The molecule has 0 heterocycles. The maximum absolute atomic E-state index is 13.2. The van der Waals surface area contributed by atoms with Gasteiger partial charge < -0.3 is 20.1 Å². The molecule has 5 nitrogen and oxygen atoms in total. The van der Waals surface area contributed by atoms with Crippen LogP contribution in [-0.2, 0) is 4.79 Å². The Hall–Kier alpha value is -3.47. The topological polar surface area (TPSA) is 59.6 Å². The van der Waals surface area contributed by atoms with Crippen molar-refractivity contribution in [3.8, 4) is 11.5 Å². The fraction of sp³-hybridized carbons (Fsp3) is 0.240. The van der Waals surface area contributed by atoms with Crippen molar-refractivity contribution >= 4 is 17.3 Å². The van der Waals surface area contributed by atoms with Gasteiger partial charge >= 0.3 is 0 Å². The monoisotopic (exact) mass is 404 g/mol. The van der Waals surface area contributed by atoms with E-state index in [1.54, 1.807) is 0 Å². The molecule has 5 heteroatoms. The lowest BCUT2D eigenvalue weighted by Gasteiger charge is -2.21. The molecular formula is C25H28N2O3. The molecule has 0 spiro atoms. The number of aryl methyl sites for hydroxylation is 1. The summed E-state index contributed by atoms with van der Waals surface area (Å²) in [6.07, 6.45) is 0. The van der Waals surface area contributed by atoms with Crippen LogP contribution in [-0.4, -0.2) is 19.1 Å². The number of benzene rings is 3. The first kappa shape index (κ1) is 21.2. The Balaban J connectivity index is 1.87. The van der Waals surface area contributed by atoms with E-state index < -0.39 is 6.04 Å². The molecule has 0 aliphatic heterocycles. The van der Waals surface area contributed by atoms with Crippen molar-refractivity contribution in [2.24, 2.45) is 0 Å². The standard InChI is InChI=1S/C25H28N2O3/c1-4-29-22-16-15-21(17-23(22)30-5-2)26-24(19-9-7-6-8-10-19)25(28)27-20-13-11-18(3)12-14-20/h6-17,24,26H,4-5H2,1-3H3,(H,27,28)/t24-/m0/s1. The highest BCUT2D eigenvalue weighted by molar-refractivity contribution is 5.97. The predicted octanol–water partition coefficient (Wildman–Crippen LogP) is 5.58. The second-order valence-electron chi connectivity index (χ2n) is 6.87. The molecule has 3 rings (SSSR count). The Morgan fingerprint density at radius 1 is 0.833 bits per heavy atom. The van der Waals surface area contributed by atoms with Crippen LogP contribution in [0.3, 0.4) is 0 Å². The van der Waals surface area contributed by atoms with E-state index in [2.05, 4.69) is 10.6 Å². The summed E-state index contributed by atoms with van der Waals surface area (Å²) in [6, 6.07) is 22.4. The molecule has 1 atom stereocenters. The van der Waals surface area contributed by atoms with E-state index in [-0.39, 0.29) is 5.91 Å². The van der Waals surface area contributed by atoms with Gasteiger partial charge in [-0.15, -0.1) is 0 Å². The number of rotatable bonds is 9. The second kappa shape index (κ2) is 10.3. The van der Waals surface area contributed by atoms with Crippen molar-refractivity contribution in [3.05, 3.63) is 83.9 Å². The Bertz CT molecular complexity index is 956. The quantitative estimate of drug-likeness (QED) is 0.488. The second-order valence-corrected chi connectivity index (χ2v) is 6.87. The molecule has 0 aliphatic rings. The van der Waals surface area contributed by atoms with Crippen molar-refractivity contribution in [1.82, 2.24) is 0 Å². The minimum Gasteiger partial charge on any atom is -0.490 e. The minimum atomic E-state index is -0.570. The van der Waals surface area contributed by atoms with Crippen molar-refractivity contribution in [3.63, 3.8) is 0 Å². The number of hydrogen-bond acceptors (Lipinski definition) is 4. The molecule has 0 saturated carbocycles. The third-order valence-corrected chi connectivity index (χ3v) is 4.57. The van der Waals surface area contributed by atoms with Gasteiger partial charge in [-0.3, -0.25) is 4.79 Å². The van der Waals surface area contributed by atoms with Gasteiger partial charge in [0.15, 0.2) is 11.5 Å². The van der Waals surface area contributed by atoms with Gasteiger partial charge in [-0.25, -0.2) is 0 Å². The van der Waals surface area contributed by atoms with E-state index in [9.17, 15) is 4.79 Å². The van der Waals surface area contributed by atoms with Gasteiger partial charge in [0, 0.05) is 17.4 Å². The van der Waals surface area contributed by atoms with E-state index in [0.717, 1.165) is 22.5 Å². The van der Waals surface area contributed by atoms with Crippen LogP contribution in [0.25, 0.3) is 0 Å². The lowest BCUT2D eigenvalue weighted by atomic mass is 10.1. The average Bonchev–Trinajstić information content (AvgIpc) is 2.76. The average molecular weight is 405 g/mol. The van der Waals surface area contributed by atoms with Crippen LogP contribution in [0.5, 0.6) is 11.5 Å². The smallest absolute Gasteiger partial charge is 0.251 e. The molecule has 0 saturated heterocycles. The minimum absolute atomic E-state index is 0.142. The summed E-state index contributed by atoms with van der Waals surface area (Å²) in [5, 5.41) is 6.35. The summed E-state index contributed by atoms with van der Waals surface area (Å²) in [4.78, 5) is 13.2. The summed E-state index contributed by atoms with van der Waals surface area (Å²) >= 11 is 0. The number of ether oxygens (including phenoxy) is 2. The lowest BCUT2D eigenvalue weighted by molar-refractivity contribution is -0.117. The molecule has 0 aliphatic carbocycles. The van der Waals surface area contributed by atoms with Gasteiger partial charge in [-0.05, 0) is 50.6 Å². The molecule has 0 unspecified atom stereocenters. The van der Waals surface area contributed by atoms with Gasteiger partial charge in [0.25, 0.3) is 5.91 Å². The molecule has 2 N–H and O–H groups in total. The molecule has 3 aromatic rings. The van der Waals surface area contributed by atoms with Crippen LogP contribution in [0.2, 0.25) is 0 Å². The fourth-order valence-electron chi connectivity index (χ4n) is 3.10. The number of carbonyl (C=O) groups is 1. The summed E-state index contributed by atoms with van der Waals surface area (Å²) in [7, 11) is 0. The van der Waals surface area contributed by atoms with Gasteiger partial charge in [0.1, 0.15) is 6.04 Å². The van der Waals surface area contributed by atoms with Crippen LogP contribution in [0, 0.1) is 6.92 Å². The van der Waals surface area contributed by atoms with Crippen LogP contribution in [0.15, 0.2) is 72.8 Å². The zero-order valence-corrected chi connectivity index (χ0v) is 17.6. The van der Waals surface area contributed by atoms with Crippen LogP contribution < -0.4 is 20.1 Å². The summed E-state index contributed by atoms with van der Waals surface area (Å²) < 4.78 is 11.4. The number of amides is 1. The van der Waals surface area contributed by atoms with E-state index in [1.807, 2.05) is 93.6 Å². The first-order chi connectivity index (χ1) is 14.6. The molecule has 156 valence electrons. The maximum atomic E-state index is 13.2. The van der Waals surface area contributed by atoms with Crippen molar-refractivity contribution < 1.29 is 14.3 Å². The largest absolute Gasteiger partial charge is 0.490 e. The van der Waals surface area contributed by atoms with Crippen LogP contribution in [0.4, 0.5) is 11.4 Å². The van der Waals surface area contributed by atoms with Gasteiger partial charge in [-0.2, -0.15) is 0 Å². The normalized spacial score (nSPS) is 11.4. The van der Waals surface area contributed by atoms with E-state index in [1.165, 1.54) is 0 Å². The number of nitrogens with one attached hydrogen (secondary N) is 2. The summed E-state index contributed by atoms with van der Waals surface area (Å²) in [6.45, 7) is 6.96. The Morgan fingerprint density at radius 2 is 1.47 bits per heavy atom. The van der Waals surface area contributed by atoms with E-state index >= 15 is 0 Å². The lowest BCUT2D eigenvalue weighted by Crippen LogP contribution is -2.27. The third-order valence-electron chi connectivity index (χ3n) is 4.57. The van der Waals surface area contributed by atoms with E-state index in [0.29, 0.717) is 24.7 Å². The highest BCUT2D eigenvalue weighted by Crippen LogP contribution is 2.32. The zero-order valence-electron chi connectivity index (χ0n) is 17.6. The molecule has 0 radical (unpaired) electrons. The number of hydrogen-bond donors (Lipinski definition) is 2. The molecule has 30 heavy (non-hydrogen) atoms. The third kappa shape index (κ3) is 5.54. The molecule has 3 aromatic carbocycles. The summed E-state index contributed by atoms with van der Waals surface area (Å²) in [5.74, 6) is 1.19. The SMILES string of the molecule is CCOc1ccc(N[C@H](C(=O)Nc2ccc(C)cc2)c2ccccc2)cc1OCC. The van der Waals surface area contributed by atoms with E-state index in [4.69, 9.17) is 9.47 Å². The Morgan fingerprint density at radius 3 is 2.13 bits per heavy atom. The highest BCUT2D eigenvalue weighted by atomic mass is 16.5. The predicted molar refractivity (Wildman–Crippen MR) is 121 cm³/mol. The van der Waals surface area contributed by atoms with Gasteiger partial charge in [-0.1, -0.05) is 48.0 Å². The Labute approximate surface area is 178 Å². The maximum Gasteiger partial charge on any atom is 0.251 e. The first-order valence-corrected chi connectivity index (χ1v) is 10.2.